The topological polar surface area (TPSA) is 35.5 Å². The molecule has 0 bridgehead atoms. The van der Waals surface area contributed by atoms with Gasteiger partial charge < -0.3 is 15.3 Å². The average Bonchev–Trinajstić information content (AvgIpc) is 2.23. The highest BCUT2D eigenvalue weighted by atomic mass is 16.3. The minimum absolute atomic E-state index is 0.403. The summed E-state index contributed by atoms with van der Waals surface area (Å²) in [6.45, 7) is 4.86. The van der Waals surface area contributed by atoms with E-state index in [4.69, 9.17) is 0 Å². The zero-order valence-corrected chi connectivity index (χ0v) is 10.5. The number of benzene rings is 1. The third-order valence-corrected chi connectivity index (χ3v) is 2.65. The molecule has 0 radical (unpaired) electrons. The van der Waals surface area contributed by atoms with Gasteiger partial charge in [0.2, 0.25) is 0 Å². The molecule has 0 aliphatic heterocycles. The number of phenolic OH excluding ortho intramolecular Hbond substituents is 1. The van der Waals surface area contributed by atoms with Crippen LogP contribution in [0.25, 0.3) is 0 Å². The molecular formula is C13H22N2O. The normalized spacial score (nSPS) is 11.0. The summed E-state index contributed by atoms with van der Waals surface area (Å²) in [6.07, 6.45) is 1.12. The quantitative estimate of drug-likeness (QED) is 0.720. The van der Waals surface area contributed by atoms with E-state index in [1.807, 2.05) is 32.2 Å². The minimum atomic E-state index is 0.403. The molecule has 0 aromatic heterocycles. The van der Waals surface area contributed by atoms with Crippen LogP contribution in [0.2, 0.25) is 0 Å². The van der Waals surface area contributed by atoms with Crippen molar-refractivity contribution in [2.45, 2.75) is 19.9 Å². The van der Waals surface area contributed by atoms with Crippen molar-refractivity contribution in [2.75, 3.05) is 27.2 Å². The van der Waals surface area contributed by atoms with Crippen LogP contribution in [-0.4, -0.2) is 37.2 Å². The summed E-state index contributed by atoms with van der Waals surface area (Å²) in [5.41, 5.74) is 2.09. The van der Waals surface area contributed by atoms with Crippen LogP contribution >= 0.6 is 0 Å². The number of hydrogen-bond donors (Lipinski definition) is 2. The van der Waals surface area contributed by atoms with Crippen molar-refractivity contribution in [1.82, 2.24) is 10.2 Å². The van der Waals surface area contributed by atoms with Gasteiger partial charge in [-0.25, -0.2) is 0 Å². The lowest BCUT2D eigenvalue weighted by atomic mass is 10.1. The maximum absolute atomic E-state index is 9.77. The predicted octanol–water partition coefficient (Wildman–Crippen LogP) is 1.74. The highest BCUT2D eigenvalue weighted by Gasteiger charge is 2.04. The Morgan fingerprint density at radius 1 is 1.38 bits per heavy atom. The van der Waals surface area contributed by atoms with Crippen molar-refractivity contribution in [3.63, 3.8) is 0 Å². The van der Waals surface area contributed by atoms with Crippen LogP contribution in [0.3, 0.4) is 0 Å². The summed E-state index contributed by atoms with van der Waals surface area (Å²) in [5, 5.41) is 12.9. The number of hydrogen-bond acceptors (Lipinski definition) is 3. The van der Waals surface area contributed by atoms with Crippen LogP contribution in [0.4, 0.5) is 0 Å². The summed E-state index contributed by atoms with van der Waals surface area (Å²) in [6, 6.07) is 5.85. The zero-order chi connectivity index (χ0) is 12.0. The highest BCUT2D eigenvalue weighted by Crippen LogP contribution is 2.19. The Kier molecular flexibility index (Phi) is 5.29. The summed E-state index contributed by atoms with van der Waals surface area (Å²) < 4.78 is 0. The maximum atomic E-state index is 9.77. The Hall–Kier alpha value is -1.06. The minimum Gasteiger partial charge on any atom is -0.508 e. The summed E-state index contributed by atoms with van der Waals surface area (Å²) in [4.78, 5) is 2.22. The summed E-state index contributed by atoms with van der Waals surface area (Å²) in [7, 11) is 4.04. The van der Waals surface area contributed by atoms with Crippen LogP contribution in [0.1, 0.15) is 17.5 Å². The molecule has 0 unspecified atom stereocenters. The van der Waals surface area contributed by atoms with E-state index in [1.54, 1.807) is 0 Å². The van der Waals surface area contributed by atoms with Crippen LogP contribution in [0.5, 0.6) is 5.75 Å². The first-order valence-electron chi connectivity index (χ1n) is 5.75. The molecule has 0 saturated carbocycles. The largest absolute Gasteiger partial charge is 0.508 e. The Morgan fingerprint density at radius 2 is 2.12 bits per heavy atom. The molecule has 0 heterocycles. The monoisotopic (exact) mass is 222 g/mol. The third-order valence-electron chi connectivity index (χ3n) is 2.65. The van der Waals surface area contributed by atoms with Gasteiger partial charge in [0, 0.05) is 12.1 Å². The molecule has 3 heteroatoms. The van der Waals surface area contributed by atoms with E-state index in [-0.39, 0.29) is 0 Å². The van der Waals surface area contributed by atoms with E-state index in [0.717, 1.165) is 37.2 Å². The van der Waals surface area contributed by atoms with Gasteiger partial charge in [-0.15, -0.1) is 0 Å². The van der Waals surface area contributed by atoms with Gasteiger partial charge >= 0.3 is 0 Å². The number of aryl methyl sites for hydroxylation is 1. The van der Waals surface area contributed by atoms with E-state index in [0.29, 0.717) is 5.75 Å². The second-order valence-electron chi connectivity index (χ2n) is 4.33. The molecule has 2 N–H and O–H groups in total. The molecule has 0 aliphatic rings. The van der Waals surface area contributed by atoms with E-state index < -0.39 is 0 Å². The van der Waals surface area contributed by atoms with Crippen molar-refractivity contribution in [3.8, 4) is 5.75 Å². The lowest BCUT2D eigenvalue weighted by Crippen LogP contribution is -2.22. The summed E-state index contributed by atoms with van der Waals surface area (Å²) >= 11 is 0. The number of rotatable bonds is 6. The van der Waals surface area contributed by atoms with E-state index in [1.165, 1.54) is 0 Å². The van der Waals surface area contributed by atoms with Crippen molar-refractivity contribution in [2.24, 2.45) is 0 Å². The molecule has 0 amide bonds. The fraction of sp³-hybridized carbons (Fsp3) is 0.538. The molecule has 0 atom stereocenters. The molecule has 0 fully saturated rings. The van der Waals surface area contributed by atoms with Crippen molar-refractivity contribution in [1.29, 1.82) is 0 Å². The maximum Gasteiger partial charge on any atom is 0.120 e. The number of aromatic hydroxyl groups is 1. The first-order valence-corrected chi connectivity index (χ1v) is 5.75. The van der Waals surface area contributed by atoms with E-state index in [9.17, 15) is 5.11 Å². The van der Waals surface area contributed by atoms with E-state index >= 15 is 0 Å². The van der Waals surface area contributed by atoms with E-state index in [2.05, 4.69) is 17.3 Å². The SMILES string of the molecule is CNCCCN(C)Cc1ccc(C)cc1O. The third kappa shape index (κ3) is 4.21. The van der Waals surface area contributed by atoms with Gasteiger partial charge in [0.05, 0.1) is 0 Å². The molecule has 0 aliphatic carbocycles. The van der Waals surface area contributed by atoms with Gasteiger partial charge in [-0.1, -0.05) is 12.1 Å². The van der Waals surface area contributed by atoms with Gasteiger partial charge in [-0.05, 0) is 52.2 Å². The van der Waals surface area contributed by atoms with Gasteiger partial charge in [0.15, 0.2) is 0 Å². The van der Waals surface area contributed by atoms with Gasteiger partial charge in [-0.3, -0.25) is 0 Å². The number of nitrogens with one attached hydrogen (secondary N) is 1. The van der Waals surface area contributed by atoms with Crippen LogP contribution in [0.15, 0.2) is 18.2 Å². The first-order chi connectivity index (χ1) is 7.63. The zero-order valence-electron chi connectivity index (χ0n) is 10.5. The van der Waals surface area contributed by atoms with Gasteiger partial charge in [0.25, 0.3) is 0 Å². The molecule has 3 nitrogen and oxygen atoms in total. The Labute approximate surface area is 98.1 Å². The van der Waals surface area contributed by atoms with Crippen LogP contribution < -0.4 is 5.32 Å². The molecule has 90 valence electrons. The molecule has 0 saturated heterocycles. The fourth-order valence-electron chi connectivity index (χ4n) is 1.70. The highest BCUT2D eigenvalue weighted by molar-refractivity contribution is 5.35. The van der Waals surface area contributed by atoms with Crippen LogP contribution in [-0.2, 0) is 6.54 Å². The van der Waals surface area contributed by atoms with Crippen molar-refractivity contribution in [3.05, 3.63) is 29.3 Å². The Balaban J connectivity index is 2.46. The van der Waals surface area contributed by atoms with Crippen molar-refractivity contribution < 1.29 is 5.11 Å². The average molecular weight is 222 g/mol. The first kappa shape index (κ1) is 13.0. The fourth-order valence-corrected chi connectivity index (χ4v) is 1.70. The Morgan fingerprint density at radius 3 is 2.75 bits per heavy atom. The number of phenols is 1. The molecule has 16 heavy (non-hydrogen) atoms. The second kappa shape index (κ2) is 6.51. The molecular weight excluding hydrogens is 200 g/mol. The van der Waals surface area contributed by atoms with Gasteiger partial charge in [-0.2, -0.15) is 0 Å². The predicted molar refractivity (Wildman–Crippen MR) is 67.7 cm³/mol. The molecule has 1 aromatic carbocycles. The second-order valence-corrected chi connectivity index (χ2v) is 4.33. The molecule has 0 spiro atoms. The lowest BCUT2D eigenvalue weighted by Gasteiger charge is -2.17. The smallest absolute Gasteiger partial charge is 0.120 e. The Bertz CT molecular complexity index is 326. The number of nitrogens with zero attached hydrogens (tertiary/aromatic N) is 1. The van der Waals surface area contributed by atoms with Crippen LogP contribution in [0, 0.1) is 6.92 Å². The standard InChI is InChI=1S/C13H22N2O/c1-11-5-6-12(13(16)9-11)10-15(3)8-4-7-14-2/h5-6,9,14,16H,4,7-8,10H2,1-3H3. The molecule has 1 rings (SSSR count). The van der Waals surface area contributed by atoms with Gasteiger partial charge in [0.1, 0.15) is 5.75 Å². The molecule has 1 aromatic rings. The summed E-state index contributed by atoms with van der Waals surface area (Å²) in [5.74, 6) is 0.403. The lowest BCUT2D eigenvalue weighted by molar-refractivity contribution is 0.315. The van der Waals surface area contributed by atoms with Crippen molar-refractivity contribution >= 4 is 0 Å².